The Bertz CT molecular complexity index is 711. The highest BCUT2D eigenvalue weighted by Gasteiger charge is 2.12. The number of halogens is 1. The number of sulfonamides is 1. The molecule has 23 heavy (non-hydrogen) atoms. The summed E-state index contributed by atoms with van der Waals surface area (Å²) >= 11 is 3.33. The lowest BCUT2D eigenvalue weighted by atomic mass is 10.1. The summed E-state index contributed by atoms with van der Waals surface area (Å²) in [6.45, 7) is 3.20. The molecule has 0 aliphatic rings. The zero-order valence-electron chi connectivity index (χ0n) is 13.2. The largest absolute Gasteiger partial charge is 0.272 e. The molecular weight excluding hydrogens is 378 g/mol. The van der Waals surface area contributed by atoms with Crippen molar-refractivity contribution in [3.05, 3.63) is 46.7 Å². The third-order valence-electron chi connectivity index (χ3n) is 3.51. The molecule has 0 bridgehead atoms. The first kappa shape index (κ1) is 18.2. The van der Waals surface area contributed by atoms with E-state index in [0.29, 0.717) is 24.4 Å². The lowest BCUT2D eigenvalue weighted by molar-refractivity contribution is 0.553. The fourth-order valence-electron chi connectivity index (χ4n) is 2.21. The van der Waals surface area contributed by atoms with Gasteiger partial charge in [-0.3, -0.25) is 4.68 Å². The monoisotopic (exact) mass is 399 g/mol. The molecular formula is C16H22BrN3O2S. The first-order chi connectivity index (χ1) is 11.0. The van der Waals surface area contributed by atoms with Gasteiger partial charge >= 0.3 is 0 Å². The summed E-state index contributed by atoms with van der Waals surface area (Å²) in [7, 11) is -3.44. The van der Waals surface area contributed by atoms with Gasteiger partial charge in [0.15, 0.2) is 0 Å². The number of benzene rings is 1. The Balaban J connectivity index is 1.83. The SMILES string of the molecule is CCCCc1ccc(S(=O)(=O)NCCCn2cc(Br)cn2)cc1. The van der Waals surface area contributed by atoms with E-state index >= 15 is 0 Å². The van der Waals surface area contributed by atoms with E-state index in [2.05, 4.69) is 32.7 Å². The highest BCUT2D eigenvalue weighted by Crippen LogP contribution is 2.12. The van der Waals surface area contributed by atoms with Crippen LogP contribution in [0.4, 0.5) is 0 Å². The maximum absolute atomic E-state index is 12.2. The topological polar surface area (TPSA) is 64.0 Å². The maximum Gasteiger partial charge on any atom is 0.240 e. The van der Waals surface area contributed by atoms with Gasteiger partial charge in [-0.25, -0.2) is 13.1 Å². The van der Waals surface area contributed by atoms with Crippen molar-refractivity contribution < 1.29 is 8.42 Å². The van der Waals surface area contributed by atoms with Gasteiger partial charge < -0.3 is 0 Å². The Morgan fingerprint density at radius 1 is 1.22 bits per heavy atom. The summed E-state index contributed by atoms with van der Waals surface area (Å²) in [5.41, 5.74) is 1.18. The van der Waals surface area contributed by atoms with E-state index in [1.54, 1.807) is 23.0 Å². The van der Waals surface area contributed by atoms with Crippen LogP contribution < -0.4 is 4.72 Å². The summed E-state index contributed by atoms with van der Waals surface area (Å²) in [6.07, 6.45) is 7.50. The number of nitrogens with zero attached hydrogens (tertiary/aromatic N) is 2. The second-order valence-electron chi connectivity index (χ2n) is 5.42. The van der Waals surface area contributed by atoms with Crippen LogP contribution in [-0.4, -0.2) is 24.7 Å². The van der Waals surface area contributed by atoms with E-state index in [-0.39, 0.29) is 0 Å². The highest BCUT2D eigenvalue weighted by molar-refractivity contribution is 9.10. The molecule has 0 atom stereocenters. The van der Waals surface area contributed by atoms with Gasteiger partial charge in [0.1, 0.15) is 0 Å². The second-order valence-corrected chi connectivity index (χ2v) is 8.10. The van der Waals surface area contributed by atoms with Crippen LogP contribution in [0.3, 0.4) is 0 Å². The molecule has 0 spiro atoms. The molecule has 1 aromatic carbocycles. The second kappa shape index (κ2) is 8.61. The zero-order valence-corrected chi connectivity index (χ0v) is 15.6. The Morgan fingerprint density at radius 2 is 1.96 bits per heavy atom. The summed E-state index contributed by atoms with van der Waals surface area (Å²) in [6, 6.07) is 7.15. The van der Waals surface area contributed by atoms with Gasteiger partial charge in [-0.15, -0.1) is 0 Å². The molecule has 5 nitrogen and oxygen atoms in total. The van der Waals surface area contributed by atoms with E-state index in [9.17, 15) is 8.42 Å². The maximum atomic E-state index is 12.2. The van der Waals surface area contributed by atoms with Crippen molar-refractivity contribution in [2.45, 2.75) is 44.0 Å². The lowest BCUT2D eigenvalue weighted by Crippen LogP contribution is -2.25. The molecule has 1 heterocycles. The van der Waals surface area contributed by atoms with Crippen molar-refractivity contribution in [2.24, 2.45) is 0 Å². The number of hydrogen-bond acceptors (Lipinski definition) is 3. The molecule has 0 aliphatic heterocycles. The van der Waals surface area contributed by atoms with Crippen LogP contribution >= 0.6 is 15.9 Å². The third kappa shape index (κ3) is 5.75. The molecule has 0 unspecified atom stereocenters. The number of hydrogen-bond donors (Lipinski definition) is 1. The van der Waals surface area contributed by atoms with E-state index in [1.165, 1.54) is 5.56 Å². The van der Waals surface area contributed by atoms with Crippen molar-refractivity contribution in [1.29, 1.82) is 0 Å². The molecule has 2 aromatic rings. The van der Waals surface area contributed by atoms with E-state index < -0.39 is 10.0 Å². The number of aromatic nitrogens is 2. The van der Waals surface area contributed by atoms with Gasteiger partial charge in [0.25, 0.3) is 0 Å². The summed E-state index contributed by atoms with van der Waals surface area (Å²) in [5.74, 6) is 0. The number of aryl methyl sites for hydroxylation is 2. The molecule has 1 aromatic heterocycles. The fourth-order valence-corrected chi connectivity index (χ4v) is 3.61. The van der Waals surface area contributed by atoms with Crippen molar-refractivity contribution in [2.75, 3.05) is 6.54 Å². The molecule has 1 N–H and O–H groups in total. The van der Waals surface area contributed by atoms with E-state index in [4.69, 9.17) is 0 Å². The van der Waals surface area contributed by atoms with Crippen LogP contribution in [0.1, 0.15) is 31.7 Å². The van der Waals surface area contributed by atoms with E-state index in [1.807, 2.05) is 18.3 Å². The Kier molecular flexibility index (Phi) is 6.80. The van der Waals surface area contributed by atoms with Crippen LogP contribution in [0.2, 0.25) is 0 Å². The summed E-state index contributed by atoms with van der Waals surface area (Å²) < 4.78 is 29.8. The minimum absolute atomic E-state index is 0.319. The van der Waals surface area contributed by atoms with Crippen LogP contribution in [-0.2, 0) is 23.0 Å². The van der Waals surface area contributed by atoms with Gasteiger partial charge in [-0.05, 0) is 52.9 Å². The predicted molar refractivity (Wildman–Crippen MR) is 94.8 cm³/mol. The predicted octanol–water partition coefficient (Wildman–Crippen LogP) is 3.36. The van der Waals surface area contributed by atoms with Crippen LogP contribution in [0.15, 0.2) is 46.0 Å². The van der Waals surface area contributed by atoms with Gasteiger partial charge in [0, 0.05) is 19.3 Å². The minimum Gasteiger partial charge on any atom is -0.272 e. The van der Waals surface area contributed by atoms with Crippen molar-refractivity contribution in [3.63, 3.8) is 0 Å². The molecule has 126 valence electrons. The van der Waals surface area contributed by atoms with Gasteiger partial charge in [-0.2, -0.15) is 5.10 Å². The van der Waals surface area contributed by atoms with Crippen molar-refractivity contribution >= 4 is 26.0 Å². The van der Waals surface area contributed by atoms with Crippen molar-refractivity contribution in [1.82, 2.24) is 14.5 Å². The normalized spacial score (nSPS) is 11.7. The van der Waals surface area contributed by atoms with Crippen LogP contribution in [0.5, 0.6) is 0 Å². The molecule has 0 fully saturated rings. The first-order valence-corrected chi connectivity index (χ1v) is 10.1. The fraction of sp³-hybridized carbons (Fsp3) is 0.438. The number of rotatable bonds is 9. The standard InChI is InChI=1S/C16H22BrN3O2S/c1-2-3-5-14-6-8-16(9-7-14)23(21,22)19-10-4-11-20-13-15(17)12-18-20/h6-9,12-13,19H,2-5,10-11H2,1H3. The highest BCUT2D eigenvalue weighted by atomic mass is 79.9. The van der Waals surface area contributed by atoms with Crippen molar-refractivity contribution in [3.8, 4) is 0 Å². The minimum atomic E-state index is -3.44. The molecule has 0 saturated carbocycles. The third-order valence-corrected chi connectivity index (χ3v) is 5.40. The number of unbranched alkanes of at least 4 members (excludes halogenated alkanes) is 1. The molecule has 0 radical (unpaired) electrons. The molecule has 0 saturated heterocycles. The summed E-state index contributed by atoms with van der Waals surface area (Å²) in [4.78, 5) is 0.319. The summed E-state index contributed by atoms with van der Waals surface area (Å²) in [5, 5.41) is 4.13. The van der Waals surface area contributed by atoms with E-state index in [0.717, 1.165) is 23.7 Å². The lowest BCUT2D eigenvalue weighted by Gasteiger charge is -2.08. The zero-order chi connectivity index (χ0) is 16.7. The molecule has 7 heteroatoms. The van der Waals surface area contributed by atoms with Crippen LogP contribution in [0, 0.1) is 0 Å². The Hall–Kier alpha value is -1.18. The smallest absolute Gasteiger partial charge is 0.240 e. The van der Waals surface area contributed by atoms with Gasteiger partial charge in [0.05, 0.1) is 15.6 Å². The van der Waals surface area contributed by atoms with Crippen LogP contribution in [0.25, 0.3) is 0 Å². The number of nitrogens with one attached hydrogen (secondary N) is 1. The Morgan fingerprint density at radius 3 is 2.57 bits per heavy atom. The molecule has 0 aliphatic carbocycles. The first-order valence-electron chi connectivity index (χ1n) is 7.78. The van der Waals surface area contributed by atoms with Gasteiger partial charge in [0.2, 0.25) is 10.0 Å². The molecule has 2 rings (SSSR count). The average Bonchev–Trinajstić information content (AvgIpc) is 2.95. The average molecular weight is 400 g/mol. The quantitative estimate of drug-likeness (QED) is 0.657. The van der Waals surface area contributed by atoms with Gasteiger partial charge in [-0.1, -0.05) is 25.5 Å². The Labute approximate surface area is 146 Å². The molecule has 0 amide bonds.